The maximum Gasteiger partial charge on any atom is 0.451 e. The highest BCUT2D eigenvalue weighted by atomic mass is 19.4. The van der Waals surface area contributed by atoms with Crippen LogP contribution in [0.4, 0.5) is 23.7 Å². The van der Waals surface area contributed by atoms with Gasteiger partial charge in [0.2, 0.25) is 5.82 Å². The lowest BCUT2D eigenvalue weighted by Crippen LogP contribution is -2.54. The van der Waals surface area contributed by atoms with Crippen LogP contribution in [0.1, 0.15) is 42.6 Å². The van der Waals surface area contributed by atoms with Crippen LogP contribution in [0.2, 0.25) is 0 Å². The predicted octanol–water partition coefficient (Wildman–Crippen LogP) is 5.37. The Hall–Kier alpha value is -3.66. The van der Waals surface area contributed by atoms with Crippen LogP contribution in [0.3, 0.4) is 0 Å². The van der Waals surface area contributed by atoms with Gasteiger partial charge in [0.1, 0.15) is 5.75 Å². The predicted molar refractivity (Wildman–Crippen MR) is 137 cm³/mol. The first-order valence-electron chi connectivity index (χ1n) is 12.6. The lowest BCUT2D eigenvalue weighted by atomic mass is 9.69. The van der Waals surface area contributed by atoms with E-state index in [0.29, 0.717) is 13.1 Å². The lowest BCUT2D eigenvalue weighted by Gasteiger charge is -2.48. The molecule has 7 nitrogen and oxygen atoms in total. The van der Waals surface area contributed by atoms with Crippen molar-refractivity contribution in [2.75, 3.05) is 25.6 Å². The number of anilines is 1. The zero-order valence-corrected chi connectivity index (χ0v) is 21.3. The fourth-order valence-corrected chi connectivity index (χ4v) is 5.76. The number of nitrogens with one attached hydrogen (secondary N) is 1. The molecule has 2 amide bonds. The number of carbonyl (C=O) groups is 1. The summed E-state index contributed by atoms with van der Waals surface area (Å²) >= 11 is 0. The van der Waals surface area contributed by atoms with Crippen LogP contribution < -0.4 is 15.0 Å². The van der Waals surface area contributed by atoms with Gasteiger partial charge in [-0.2, -0.15) is 13.2 Å². The van der Waals surface area contributed by atoms with Crippen molar-refractivity contribution in [3.8, 4) is 5.75 Å². The number of amides is 2. The fourth-order valence-electron chi connectivity index (χ4n) is 5.76. The Labute approximate surface area is 219 Å². The minimum atomic E-state index is -4.65. The van der Waals surface area contributed by atoms with E-state index in [1.165, 1.54) is 10.5 Å². The molecule has 1 saturated carbocycles. The number of rotatable bonds is 6. The highest BCUT2D eigenvalue weighted by molar-refractivity contribution is 5.95. The molecule has 200 valence electrons. The molecule has 1 spiro atoms. The van der Waals surface area contributed by atoms with Crippen molar-refractivity contribution >= 4 is 11.7 Å². The van der Waals surface area contributed by atoms with Crippen molar-refractivity contribution in [3.63, 3.8) is 0 Å². The Morgan fingerprint density at radius 1 is 0.974 bits per heavy atom. The maximum atomic E-state index is 13.8. The Kier molecular flexibility index (Phi) is 6.77. The summed E-state index contributed by atoms with van der Waals surface area (Å²) in [6.45, 7) is 0.726. The third kappa shape index (κ3) is 4.69. The van der Waals surface area contributed by atoms with Gasteiger partial charge in [-0.3, -0.25) is 4.90 Å². The summed E-state index contributed by atoms with van der Waals surface area (Å²) in [5.41, 5.74) is 1.70. The number of benzene rings is 2. The Bertz CT molecular complexity index is 1260. The van der Waals surface area contributed by atoms with Crippen molar-refractivity contribution in [1.29, 1.82) is 0 Å². The normalized spacial score (nSPS) is 23.8. The number of halogens is 3. The molecule has 2 aromatic carbocycles. The van der Waals surface area contributed by atoms with Gasteiger partial charge in [-0.1, -0.05) is 42.5 Å². The average molecular weight is 526 g/mol. The largest absolute Gasteiger partial charge is 0.497 e. The fraction of sp³-hybridized carbons (Fsp3) is 0.393. The van der Waals surface area contributed by atoms with Crippen LogP contribution in [0.15, 0.2) is 67.0 Å². The van der Waals surface area contributed by atoms with E-state index in [-0.39, 0.29) is 17.3 Å². The van der Waals surface area contributed by atoms with Crippen LogP contribution in [-0.2, 0) is 18.3 Å². The van der Waals surface area contributed by atoms with Crippen molar-refractivity contribution < 1.29 is 22.7 Å². The Morgan fingerprint density at radius 2 is 1.61 bits per heavy atom. The molecule has 1 aliphatic heterocycles. The molecule has 2 fully saturated rings. The summed E-state index contributed by atoms with van der Waals surface area (Å²) < 4.78 is 44.4. The molecule has 2 aliphatic rings. The van der Waals surface area contributed by atoms with Gasteiger partial charge in [0.05, 0.1) is 37.3 Å². The van der Waals surface area contributed by atoms with Crippen LogP contribution >= 0.6 is 0 Å². The molecule has 1 aliphatic carbocycles. The van der Waals surface area contributed by atoms with E-state index >= 15 is 0 Å². The summed E-state index contributed by atoms with van der Waals surface area (Å²) in [6, 6.07) is 17.6. The second-order valence-electron chi connectivity index (χ2n) is 9.99. The zero-order valence-electron chi connectivity index (χ0n) is 21.3. The van der Waals surface area contributed by atoms with E-state index in [1.54, 1.807) is 7.11 Å². The third-order valence-corrected chi connectivity index (χ3v) is 8.03. The second kappa shape index (κ2) is 9.90. The molecule has 0 atom stereocenters. The summed E-state index contributed by atoms with van der Waals surface area (Å²) in [7, 11) is 3.56. The topological polar surface area (TPSA) is 70.6 Å². The van der Waals surface area contributed by atoms with Gasteiger partial charge in [0.25, 0.3) is 0 Å². The van der Waals surface area contributed by atoms with Gasteiger partial charge in [-0.25, -0.2) is 14.8 Å². The van der Waals surface area contributed by atoms with Crippen LogP contribution in [0.5, 0.6) is 5.75 Å². The van der Waals surface area contributed by atoms with Gasteiger partial charge in [-0.05, 0) is 56.0 Å². The summed E-state index contributed by atoms with van der Waals surface area (Å²) in [5, 5.41) is 3.53. The van der Waals surface area contributed by atoms with Crippen LogP contribution in [0, 0.1) is 0 Å². The quantitative estimate of drug-likeness (QED) is 0.468. The first-order chi connectivity index (χ1) is 18.2. The first kappa shape index (κ1) is 26.0. The van der Waals surface area contributed by atoms with E-state index in [1.807, 2.05) is 54.4 Å². The SMILES string of the molecule is CN[C@]1(c2ccccc2)CC[C@]2(CC1)CN(c1cnc(C(F)(F)F)nc1)C(=O)N2Cc1ccc(OC)cc1. The molecule has 10 heteroatoms. The standard InChI is InChI=1S/C28H30F3N5O2/c1-32-27(21-6-4-3-5-7-21)14-12-26(13-15-27)19-35(22-16-33-24(34-17-22)28(29,30)31)25(37)36(26)18-20-8-10-23(38-2)11-9-20/h3-11,16-17,32H,12-15,18-19H2,1-2H3/t26-,27+. The smallest absolute Gasteiger partial charge is 0.451 e. The zero-order chi connectivity index (χ0) is 27.0. The molecule has 0 bridgehead atoms. The number of nitrogens with zero attached hydrogens (tertiary/aromatic N) is 4. The Balaban J connectivity index is 1.46. The second-order valence-corrected chi connectivity index (χ2v) is 9.99. The molecular formula is C28H30F3N5O2. The number of urea groups is 1. The highest BCUT2D eigenvalue weighted by Gasteiger charge is 2.54. The third-order valence-electron chi connectivity index (χ3n) is 8.03. The number of hydrogen-bond donors (Lipinski definition) is 1. The van der Waals surface area contributed by atoms with Gasteiger partial charge in [0, 0.05) is 12.1 Å². The van der Waals surface area contributed by atoms with Crippen LogP contribution in [0.25, 0.3) is 0 Å². The maximum absolute atomic E-state index is 13.8. The molecule has 1 aromatic heterocycles. The molecule has 1 N–H and O–H groups in total. The number of hydrogen-bond acceptors (Lipinski definition) is 5. The molecule has 3 aromatic rings. The van der Waals surface area contributed by atoms with Crippen LogP contribution in [-0.4, -0.2) is 47.1 Å². The van der Waals surface area contributed by atoms with E-state index in [4.69, 9.17) is 4.74 Å². The van der Waals surface area contributed by atoms with Crippen molar-refractivity contribution in [2.45, 2.75) is 49.5 Å². The van der Waals surface area contributed by atoms with Gasteiger partial charge in [0.15, 0.2) is 0 Å². The van der Waals surface area contributed by atoms with E-state index in [2.05, 4.69) is 27.4 Å². The van der Waals surface area contributed by atoms with Gasteiger partial charge < -0.3 is 15.0 Å². The molecular weight excluding hydrogens is 495 g/mol. The summed E-state index contributed by atoms with van der Waals surface area (Å²) in [5.74, 6) is -0.504. The van der Waals surface area contributed by atoms with Gasteiger partial charge in [-0.15, -0.1) is 0 Å². The van der Waals surface area contributed by atoms with Crippen molar-refractivity contribution in [1.82, 2.24) is 20.2 Å². The lowest BCUT2D eigenvalue weighted by molar-refractivity contribution is -0.144. The summed E-state index contributed by atoms with van der Waals surface area (Å²) in [4.78, 5) is 24.2. The van der Waals surface area contributed by atoms with Gasteiger partial charge >= 0.3 is 12.2 Å². The highest BCUT2D eigenvalue weighted by Crippen LogP contribution is 2.48. The minimum absolute atomic E-state index is 0.216. The first-order valence-corrected chi connectivity index (χ1v) is 12.6. The number of carbonyl (C=O) groups excluding carboxylic acids is 1. The Morgan fingerprint density at radius 3 is 2.16 bits per heavy atom. The number of methoxy groups -OCH3 is 1. The molecule has 38 heavy (non-hydrogen) atoms. The molecule has 0 unspecified atom stereocenters. The number of ether oxygens (including phenoxy) is 1. The molecule has 1 saturated heterocycles. The number of aromatic nitrogens is 2. The van der Waals surface area contributed by atoms with E-state index < -0.39 is 17.5 Å². The molecule has 5 rings (SSSR count). The molecule has 2 heterocycles. The molecule has 0 radical (unpaired) electrons. The monoisotopic (exact) mass is 525 g/mol. The average Bonchev–Trinajstić information content (AvgIpc) is 3.20. The number of alkyl halides is 3. The van der Waals surface area contributed by atoms with Crippen molar-refractivity contribution in [2.24, 2.45) is 0 Å². The van der Waals surface area contributed by atoms with E-state index in [0.717, 1.165) is 49.4 Å². The minimum Gasteiger partial charge on any atom is -0.497 e. The van der Waals surface area contributed by atoms with Crippen molar-refractivity contribution in [3.05, 3.63) is 83.9 Å². The van der Waals surface area contributed by atoms with E-state index in [9.17, 15) is 18.0 Å². The summed E-state index contributed by atoms with van der Waals surface area (Å²) in [6.07, 6.45) is 0.582.